The van der Waals surface area contributed by atoms with Crippen LogP contribution in [0, 0.1) is 4.77 Å². The molecule has 0 radical (unpaired) electrons. The fraction of sp³-hybridized carbons (Fsp3) is 0.600. The SMILES string of the molecule is CC1(n2c(=S)[nH]c3sc4c(c3c2=O)CCCC4)CCC1. The van der Waals surface area contributed by atoms with Gasteiger partial charge in [-0.05, 0) is 69.7 Å². The lowest BCUT2D eigenvalue weighted by Crippen LogP contribution is -2.44. The smallest absolute Gasteiger partial charge is 0.263 e. The number of aromatic nitrogens is 2. The van der Waals surface area contributed by atoms with Crippen molar-refractivity contribution in [1.29, 1.82) is 0 Å². The molecule has 0 saturated heterocycles. The van der Waals surface area contributed by atoms with Crippen molar-refractivity contribution in [1.82, 2.24) is 9.55 Å². The van der Waals surface area contributed by atoms with Gasteiger partial charge in [-0.3, -0.25) is 9.36 Å². The molecule has 0 spiro atoms. The Balaban J connectivity index is 2.07. The van der Waals surface area contributed by atoms with Crippen LogP contribution in [0.25, 0.3) is 10.2 Å². The quantitative estimate of drug-likeness (QED) is 0.811. The Morgan fingerprint density at radius 2 is 2.00 bits per heavy atom. The lowest BCUT2D eigenvalue weighted by Gasteiger charge is -2.39. The minimum Gasteiger partial charge on any atom is -0.323 e. The molecule has 0 aliphatic heterocycles. The average Bonchev–Trinajstić information content (AvgIpc) is 2.74. The molecule has 1 N–H and O–H groups in total. The maximum absolute atomic E-state index is 13.0. The minimum absolute atomic E-state index is 0.0671. The van der Waals surface area contributed by atoms with E-state index in [2.05, 4.69) is 11.9 Å². The van der Waals surface area contributed by atoms with Gasteiger partial charge in [-0.1, -0.05) is 0 Å². The van der Waals surface area contributed by atoms with Crippen molar-refractivity contribution in [2.45, 2.75) is 57.4 Å². The van der Waals surface area contributed by atoms with Crippen LogP contribution in [0.1, 0.15) is 49.5 Å². The first-order valence-electron chi connectivity index (χ1n) is 7.40. The first-order chi connectivity index (χ1) is 9.60. The summed E-state index contributed by atoms with van der Waals surface area (Å²) in [5.74, 6) is 0. The van der Waals surface area contributed by atoms with Gasteiger partial charge in [0.2, 0.25) is 0 Å². The third-order valence-electron chi connectivity index (χ3n) is 4.98. The number of aryl methyl sites for hydroxylation is 2. The summed E-state index contributed by atoms with van der Waals surface area (Å²) in [5, 5.41) is 0.923. The number of nitrogens with one attached hydrogen (secondary N) is 1. The van der Waals surface area contributed by atoms with Crippen LogP contribution in [-0.4, -0.2) is 9.55 Å². The Morgan fingerprint density at radius 1 is 1.25 bits per heavy atom. The molecule has 0 bridgehead atoms. The van der Waals surface area contributed by atoms with Gasteiger partial charge in [0.1, 0.15) is 4.83 Å². The van der Waals surface area contributed by atoms with E-state index in [1.807, 2.05) is 4.57 Å². The Hall–Kier alpha value is -0.940. The number of hydrogen-bond acceptors (Lipinski definition) is 3. The third-order valence-corrected chi connectivity index (χ3v) is 6.47. The molecule has 20 heavy (non-hydrogen) atoms. The molecule has 0 amide bonds. The van der Waals surface area contributed by atoms with Crippen LogP contribution >= 0.6 is 23.6 Å². The zero-order chi connectivity index (χ0) is 13.9. The Labute approximate surface area is 126 Å². The van der Waals surface area contributed by atoms with E-state index in [4.69, 9.17) is 12.2 Å². The third kappa shape index (κ3) is 1.62. The molecule has 2 aromatic heterocycles. The largest absolute Gasteiger partial charge is 0.323 e. The van der Waals surface area contributed by atoms with E-state index in [0.717, 1.165) is 35.9 Å². The molecule has 2 aliphatic carbocycles. The van der Waals surface area contributed by atoms with Gasteiger partial charge in [-0.2, -0.15) is 0 Å². The molecule has 3 nitrogen and oxygen atoms in total. The predicted octanol–water partition coefficient (Wildman–Crippen LogP) is 3.90. The van der Waals surface area contributed by atoms with Gasteiger partial charge in [0.15, 0.2) is 4.77 Å². The first kappa shape index (κ1) is 12.8. The summed E-state index contributed by atoms with van der Waals surface area (Å²) in [5.41, 5.74) is 1.37. The zero-order valence-corrected chi connectivity index (χ0v) is 13.3. The Bertz CT molecular complexity index is 808. The monoisotopic (exact) mass is 306 g/mol. The van der Waals surface area contributed by atoms with Crippen LogP contribution in [0.5, 0.6) is 0 Å². The molecule has 0 unspecified atom stereocenters. The van der Waals surface area contributed by atoms with E-state index < -0.39 is 0 Å². The highest BCUT2D eigenvalue weighted by atomic mass is 32.1. The highest BCUT2D eigenvalue weighted by Gasteiger charge is 2.36. The van der Waals surface area contributed by atoms with Gasteiger partial charge in [0.25, 0.3) is 5.56 Å². The second-order valence-electron chi connectivity index (χ2n) is 6.34. The molecule has 106 valence electrons. The zero-order valence-electron chi connectivity index (χ0n) is 11.6. The van der Waals surface area contributed by atoms with Gasteiger partial charge < -0.3 is 4.98 Å². The van der Waals surface area contributed by atoms with E-state index in [0.29, 0.717) is 4.77 Å². The number of aromatic amines is 1. The number of fused-ring (bicyclic) bond motifs is 3. The van der Waals surface area contributed by atoms with Crippen molar-refractivity contribution >= 4 is 33.8 Å². The summed E-state index contributed by atoms with van der Waals surface area (Å²) < 4.78 is 2.46. The van der Waals surface area contributed by atoms with Crippen molar-refractivity contribution in [3.05, 3.63) is 25.6 Å². The Morgan fingerprint density at radius 3 is 2.70 bits per heavy atom. The van der Waals surface area contributed by atoms with Crippen molar-refractivity contribution < 1.29 is 0 Å². The Kier molecular flexibility index (Phi) is 2.73. The van der Waals surface area contributed by atoms with Crippen LogP contribution < -0.4 is 5.56 Å². The van der Waals surface area contributed by atoms with Crippen LogP contribution in [0.15, 0.2) is 4.79 Å². The highest BCUT2D eigenvalue weighted by molar-refractivity contribution is 7.71. The van der Waals surface area contributed by atoms with Gasteiger partial charge in [-0.25, -0.2) is 0 Å². The summed E-state index contributed by atoms with van der Waals surface area (Å²) >= 11 is 7.21. The van der Waals surface area contributed by atoms with Crippen molar-refractivity contribution in [3.63, 3.8) is 0 Å². The fourth-order valence-electron chi connectivity index (χ4n) is 3.64. The van der Waals surface area contributed by atoms with Gasteiger partial charge >= 0.3 is 0 Å². The van der Waals surface area contributed by atoms with Crippen LogP contribution in [0.2, 0.25) is 0 Å². The molecule has 0 atom stereocenters. The van der Waals surface area contributed by atoms with E-state index in [1.54, 1.807) is 11.3 Å². The number of hydrogen-bond donors (Lipinski definition) is 1. The van der Waals surface area contributed by atoms with Crippen molar-refractivity contribution in [3.8, 4) is 0 Å². The first-order valence-corrected chi connectivity index (χ1v) is 8.63. The summed E-state index contributed by atoms with van der Waals surface area (Å²) in [7, 11) is 0. The molecule has 4 rings (SSSR count). The van der Waals surface area contributed by atoms with Crippen molar-refractivity contribution in [2.24, 2.45) is 0 Å². The molecular formula is C15H18N2OS2. The second kappa shape index (κ2) is 4.28. The van der Waals surface area contributed by atoms with E-state index in [1.165, 1.54) is 29.7 Å². The molecular weight excluding hydrogens is 288 g/mol. The van der Waals surface area contributed by atoms with Crippen LogP contribution in [-0.2, 0) is 18.4 Å². The predicted molar refractivity (Wildman–Crippen MR) is 85.4 cm³/mol. The molecule has 2 aromatic rings. The van der Waals surface area contributed by atoms with E-state index >= 15 is 0 Å². The fourth-order valence-corrected chi connectivity index (χ4v) is 5.39. The average molecular weight is 306 g/mol. The van der Waals surface area contributed by atoms with E-state index in [9.17, 15) is 4.79 Å². The number of nitrogens with zero attached hydrogens (tertiary/aromatic N) is 1. The summed E-state index contributed by atoms with van der Waals surface area (Å²) in [6, 6.07) is 0. The highest BCUT2D eigenvalue weighted by Crippen LogP contribution is 2.39. The molecule has 1 saturated carbocycles. The maximum Gasteiger partial charge on any atom is 0.263 e. The van der Waals surface area contributed by atoms with Gasteiger partial charge in [-0.15, -0.1) is 11.3 Å². The molecule has 2 heterocycles. The van der Waals surface area contributed by atoms with Crippen molar-refractivity contribution in [2.75, 3.05) is 0 Å². The van der Waals surface area contributed by atoms with E-state index in [-0.39, 0.29) is 11.1 Å². The van der Waals surface area contributed by atoms with Crippen LogP contribution in [0.3, 0.4) is 0 Å². The maximum atomic E-state index is 13.0. The molecule has 5 heteroatoms. The lowest BCUT2D eigenvalue weighted by atomic mass is 9.78. The second-order valence-corrected chi connectivity index (χ2v) is 7.83. The van der Waals surface area contributed by atoms with Gasteiger partial charge in [0, 0.05) is 10.4 Å². The normalized spacial score (nSPS) is 20.6. The summed E-state index contributed by atoms with van der Waals surface area (Å²) in [6.45, 7) is 2.16. The summed E-state index contributed by atoms with van der Waals surface area (Å²) in [4.78, 5) is 18.7. The topological polar surface area (TPSA) is 37.8 Å². The number of rotatable bonds is 1. The number of thiophene rings is 1. The van der Waals surface area contributed by atoms with Crippen LogP contribution in [0.4, 0.5) is 0 Å². The molecule has 2 aliphatic rings. The molecule has 0 aromatic carbocycles. The standard InChI is InChI=1S/C15H18N2OS2/c1-15(7-4-8-15)17-13(18)11-9-5-2-3-6-10(9)20-12(11)16-14(17)19/h2-8H2,1H3,(H,16,19). The minimum atomic E-state index is -0.0671. The molecule has 1 fully saturated rings. The summed E-state index contributed by atoms with van der Waals surface area (Å²) in [6.07, 6.45) is 7.91. The number of H-pyrrole nitrogens is 1. The van der Waals surface area contributed by atoms with Gasteiger partial charge in [0.05, 0.1) is 5.39 Å². The lowest BCUT2D eigenvalue weighted by molar-refractivity contribution is 0.160.